The Balaban J connectivity index is 1.15. The van der Waals surface area contributed by atoms with Gasteiger partial charge in [0.05, 0.1) is 0 Å². The van der Waals surface area contributed by atoms with Gasteiger partial charge in [-0.05, 0) is 129 Å². The fourth-order valence-electron chi connectivity index (χ4n) is 10.7. The quantitative estimate of drug-likeness (QED) is 0.0596. The number of ether oxygens (including phenoxy) is 1. The molecule has 0 bridgehead atoms. The van der Waals surface area contributed by atoms with Gasteiger partial charge in [-0.3, -0.25) is 4.79 Å². The maximum Gasteiger partial charge on any atom is 0.306 e. The van der Waals surface area contributed by atoms with Crippen LogP contribution in [0.5, 0.6) is 0 Å². The molecule has 3 saturated carbocycles. The van der Waals surface area contributed by atoms with E-state index in [1.807, 2.05) is 0 Å². The summed E-state index contributed by atoms with van der Waals surface area (Å²) in [6, 6.07) is 0. The van der Waals surface area contributed by atoms with Crippen LogP contribution < -0.4 is 0 Å². The smallest absolute Gasteiger partial charge is 0.306 e. The van der Waals surface area contributed by atoms with Crippen LogP contribution in [0.2, 0.25) is 0 Å². The van der Waals surface area contributed by atoms with E-state index >= 15 is 0 Å². The van der Waals surface area contributed by atoms with Crippen LogP contribution in [0, 0.1) is 52.3 Å². The molecule has 0 heterocycles. The summed E-state index contributed by atoms with van der Waals surface area (Å²) in [6.45, 7) is 17.1. The van der Waals surface area contributed by atoms with E-state index in [2.05, 4.69) is 91.0 Å². The van der Waals surface area contributed by atoms with Crippen LogP contribution >= 0.6 is 0 Å². The van der Waals surface area contributed by atoms with Crippen molar-refractivity contribution in [1.29, 1.82) is 0 Å². The molecule has 0 aromatic heterocycles. The fourth-order valence-corrected chi connectivity index (χ4v) is 10.7. The highest BCUT2D eigenvalue weighted by atomic mass is 16.5. The molecule has 2 heteroatoms. The molecule has 9 atom stereocenters. The lowest BCUT2D eigenvalue weighted by molar-refractivity contribution is -0.151. The Labute approximate surface area is 298 Å². The minimum absolute atomic E-state index is 0.0437. The van der Waals surface area contributed by atoms with Gasteiger partial charge in [-0.25, -0.2) is 0 Å². The molecule has 0 aromatic rings. The van der Waals surface area contributed by atoms with Crippen molar-refractivity contribution in [2.75, 3.05) is 0 Å². The first-order valence-corrected chi connectivity index (χ1v) is 21.0. The number of hydrogen-bond donors (Lipinski definition) is 0. The molecule has 272 valence electrons. The van der Waals surface area contributed by atoms with Crippen molar-refractivity contribution in [2.45, 2.75) is 183 Å². The Kier molecular flexibility index (Phi) is 15.6. The van der Waals surface area contributed by atoms with Gasteiger partial charge in [-0.1, -0.05) is 135 Å². The van der Waals surface area contributed by atoms with Crippen molar-refractivity contribution in [1.82, 2.24) is 0 Å². The second-order valence-electron chi connectivity index (χ2n) is 17.7. The monoisotopic (exact) mass is 661 g/mol. The first-order valence-electron chi connectivity index (χ1n) is 21.0. The molecule has 0 aromatic carbocycles. The van der Waals surface area contributed by atoms with Crippen molar-refractivity contribution < 1.29 is 9.53 Å². The van der Waals surface area contributed by atoms with Gasteiger partial charge in [-0.2, -0.15) is 0 Å². The molecule has 0 N–H and O–H groups in total. The number of fused-ring (bicyclic) bond motifs is 5. The maximum atomic E-state index is 12.8. The molecule has 0 amide bonds. The molecule has 0 saturated heterocycles. The Morgan fingerprint density at radius 2 is 1.52 bits per heavy atom. The summed E-state index contributed by atoms with van der Waals surface area (Å²) in [5.41, 5.74) is 2.43. The van der Waals surface area contributed by atoms with E-state index in [0.29, 0.717) is 35.0 Å². The predicted octanol–water partition coefficient (Wildman–Crippen LogP) is 13.8. The molecule has 48 heavy (non-hydrogen) atoms. The highest BCUT2D eigenvalue weighted by Gasteiger charge is 2.59. The molecular formula is C46H76O2. The molecule has 0 aliphatic heterocycles. The molecule has 4 rings (SSSR count). The normalized spacial score (nSPS) is 33.2. The van der Waals surface area contributed by atoms with E-state index in [1.165, 1.54) is 96.3 Å². The van der Waals surface area contributed by atoms with Crippen molar-refractivity contribution in [3.8, 4) is 0 Å². The Morgan fingerprint density at radius 1 is 0.833 bits per heavy atom. The van der Waals surface area contributed by atoms with Gasteiger partial charge in [0.15, 0.2) is 0 Å². The second kappa shape index (κ2) is 19.2. The van der Waals surface area contributed by atoms with Gasteiger partial charge >= 0.3 is 5.97 Å². The maximum absolute atomic E-state index is 12.8. The van der Waals surface area contributed by atoms with E-state index in [-0.39, 0.29) is 12.1 Å². The third-order valence-electron chi connectivity index (χ3n) is 14.2. The molecule has 4 aliphatic rings. The number of unbranched alkanes of at least 4 members (excludes halogenated alkanes) is 9. The molecule has 2 nitrogen and oxygen atoms in total. The molecule has 0 radical (unpaired) electrons. The zero-order valence-corrected chi connectivity index (χ0v) is 32.6. The molecule has 3 fully saturated rings. The van der Waals surface area contributed by atoms with Crippen LogP contribution in [-0.2, 0) is 9.53 Å². The van der Waals surface area contributed by atoms with Crippen molar-refractivity contribution in [3.05, 3.63) is 48.1 Å². The van der Waals surface area contributed by atoms with E-state index in [4.69, 9.17) is 4.74 Å². The number of hydrogen-bond acceptors (Lipinski definition) is 2. The Morgan fingerprint density at radius 3 is 2.23 bits per heavy atom. The van der Waals surface area contributed by atoms with Crippen LogP contribution in [0.25, 0.3) is 0 Å². The summed E-state index contributed by atoms with van der Waals surface area (Å²) in [4.78, 5) is 12.8. The minimum atomic E-state index is 0.0437. The number of rotatable bonds is 19. The highest BCUT2D eigenvalue weighted by Crippen LogP contribution is 2.67. The van der Waals surface area contributed by atoms with Crippen LogP contribution in [0.3, 0.4) is 0 Å². The molecule has 9 unspecified atom stereocenters. The van der Waals surface area contributed by atoms with E-state index in [9.17, 15) is 4.79 Å². The summed E-state index contributed by atoms with van der Waals surface area (Å²) < 4.78 is 6.12. The lowest BCUT2D eigenvalue weighted by Crippen LogP contribution is -2.51. The van der Waals surface area contributed by atoms with Crippen LogP contribution in [-0.4, -0.2) is 12.1 Å². The zero-order valence-electron chi connectivity index (χ0n) is 32.6. The van der Waals surface area contributed by atoms with Crippen molar-refractivity contribution in [3.63, 3.8) is 0 Å². The molecular weight excluding hydrogens is 585 g/mol. The lowest BCUT2D eigenvalue weighted by atomic mass is 9.47. The van der Waals surface area contributed by atoms with E-state index < -0.39 is 0 Å². The van der Waals surface area contributed by atoms with Crippen LogP contribution in [0.4, 0.5) is 0 Å². The number of esters is 1. The Hall–Kier alpha value is -1.57. The van der Waals surface area contributed by atoms with Gasteiger partial charge in [-0.15, -0.1) is 0 Å². The average Bonchev–Trinajstić information content (AvgIpc) is 3.42. The molecule has 4 aliphatic carbocycles. The van der Waals surface area contributed by atoms with Crippen molar-refractivity contribution in [2.24, 2.45) is 52.3 Å². The number of carbonyl (C=O) groups excluding carboxylic acids is 1. The summed E-state index contributed by atoms with van der Waals surface area (Å²) in [5, 5.41) is 0. The first kappa shape index (κ1) is 39.2. The SMILES string of the molecule is CCCCC/C=C/C=C/CCCCCCCCC(=O)OC1CCC2(C)C(=CCC3C2CCC2(C)C(C(C)/C=C/C(C)C(C)C)CCC32)C1. The summed E-state index contributed by atoms with van der Waals surface area (Å²) >= 11 is 0. The first-order chi connectivity index (χ1) is 23.1. The standard InChI is InChI=1S/C46H76O2/c1-8-9-10-11-12-13-14-15-16-17-18-19-20-21-22-23-44(47)48-39-30-32-45(6)38(34-39)26-27-40-42-29-28-41(46(42,7)33-31-43(40)45)37(5)25-24-36(4)35(2)3/h12-15,24-26,35-37,39-43H,8-11,16-23,27-34H2,1-7H3/b13-12+,15-14+,25-24+. The van der Waals surface area contributed by atoms with Gasteiger partial charge in [0.1, 0.15) is 6.10 Å². The topological polar surface area (TPSA) is 26.3 Å². The molecule has 0 spiro atoms. The summed E-state index contributed by atoms with van der Waals surface area (Å²) in [7, 11) is 0. The van der Waals surface area contributed by atoms with Gasteiger partial charge in [0, 0.05) is 12.8 Å². The fraction of sp³-hybridized carbons (Fsp3) is 0.804. The minimum Gasteiger partial charge on any atom is -0.462 e. The van der Waals surface area contributed by atoms with Crippen LogP contribution in [0.1, 0.15) is 177 Å². The summed E-state index contributed by atoms with van der Waals surface area (Å²) in [5.74, 6) is 5.45. The van der Waals surface area contributed by atoms with E-state index in [1.54, 1.807) is 5.57 Å². The number of allylic oxidation sites excluding steroid dienone is 7. The van der Waals surface area contributed by atoms with Gasteiger partial charge in [0.25, 0.3) is 0 Å². The largest absolute Gasteiger partial charge is 0.462 e. The Bertz CT molecular complexity index is 1090. The second-order valence-corrected chi connectivity index (χ2v) is 17.7. The highest BCUT2D eigenvalue weighted by molar-refractivity contribution is 5.69. The van der Waals surface area contributed by atoms with Crippen molar-refractivity contribution >= 4 is 5.97 Å². The summed E-state index contributed by atoms with van der Waals surface area (Å²) in [6.07, 6.45) is 41.1. The van der Waals surface area contributed by atoms with Crippen LogP contribution in [0.15, 0.2) is 48.1 Å². The third-order valence-corrected chi connectivity index (χ3v) is 14.2. The lowest BCUT2D eigenvalue weighted by Gasteiger charge is -2.58. The van der Waals surface area contributed by atoms with E-state index in [0.717, 1.165) is 49.4 Å². The average molecular weight is 661 g/mol. The van der Waals surface area contributed by atoms with Gasteiger partial charge in [0.2, 0.25) is 0 Å². The number of carbonyl (C=O) groups is 1. The third kappa shape index (κ3) is 10.2. The zero-order chi connectivity index (χ0) is 34.6. The van der Waals surface area contributed by atoms with Gasteiger partial charge < -0.3 is 4.74 Å². The predicted molar refractivity (Wildman–Crippen MR) is 207 cm³/mol.